The van der Waals surface area contributed by atoms with Gasteiger partial charge in [-0.3, -0.25) is 0 Å². The molecule has 0 fully saturated rings. The Morgan fingerprint density at radius 3 is 2.30 bits per heavy atom. The van der Waals surface area contributed by atoms with E-state index >= 15 is 0 Å². The van der Waals surface area contributed by atoms with Crippen LogP contribution in [0.15, 0.2) is 4.47 Å². The smallest absolute Gasteiger partial charge is 0.157 e. The van der Waals surface area contributed by atoms with E-state index in [0.29, 0.717) is 24.1 Å². The predicted molar refractivity (Wildman–Crippen MR) is 85.7 cm³/mol. The van der Waals surface area contributed by atoms with E-state index in [2.05, 4.69) is 45.1 Å². The van der Waals surface area contributed by atoms with Gasteiger partial charge in [0, 0.05) is 12.8 Å². The van der Waals surface area contributed by atoms with Crippen molar-refractivity contribution in [1.82, 2.24) is 9.97 Å². The van der Waals surface area contributed by atoms with Crippen molar-refractivity contribution in [2.24, 2.45) is 5.92 Å². The lowest BCUT2D eigenvalue weighted by Crippen LogP contribution is -2.16. The van der Waals surface area contributed by atoms with Crippen LogP contribution in [0.4, 0.5) is 5.82 Å². The average Bonchev–Trinajstić information content (AvgIpc) is 2.31. The lowest BCUT2D eigenvalue weighted by molar-refractivity contribution is 0.587. The van der Waals surface area contributed by atoms with Crippen molar-refractivity contribution < 1.29 is 8.42 Å². The van der Waals surface area contributed by atoms with Gasteiger partial charge in [0.25, 0.3) is 0 Å². The van der Waals surface area contributed by atoms with Crippen LogP contribution in [0.5, 0.6) is 0 Å². The monoisotopic (exact) mass is 363 g/mol. The number of halogens is 1. The molecule has 0 aliphatic carbocycles. The van der Waals surface area contributed by atoms with Gasteiger partial charge in [-0.05, 0) is 42.1 Å². The van der Waals surface area contributed by atoms with Crippen molar-refractivity contribution in [1.29, 1.82) is 0 Å². The third-order valence-corrected chi connectivity index (χ3v) is 5.22. The minimum Gasteiger partial charge on any atom is -0.369 e. The molecule has 0 bridgehead atoms. The molecule has 114 valence electrons. The molecule has 5 nitrogen and oxygen atoms in total. The molecule has 7 heteroatoms. The van der Waals surface area contributed by atoms with E-state index in [-0.39, 0.29) is 0 Å². The number of sulfone groups is 1. The Labute approximate surface area is 129 Å². The van der Waals surface area contributed by atoms with Crippen molar-refractivity contribution in [2.45, 2.75) is 39.4 Å². The molecule has 1 aromatic rings. The quantitative estimate of drug-likeness (QED) is 0.840. The van der Waals surface area contributed by atoms with Crippen LogP contribution < -0.4 is 5.32 Å². The molecular weight excluding hydrogens is 342 g/mol. The van der Waals surface area contributed by atoms with Crippen LogP contribution >= 0.6 is 15.9 Å². The first-order valence-corrected chi connectivity index (χ1v) is 9.40. The fourth-order valence-electron chi connectivity index (χ4n) is 1.69. The van der Waals surface area contributed by atoms with Crippen molar-refractivity contribution in [2.75, 3.05) is 18.1 Å². The topological polar surface area (TPSA) is 72.0 Å². The zero-order valence-electron chi connectivity index (χ0n) is 12.6. The van der Waals surface area contributed by atoms with Crippen LogP contribution in [0.2, 0.25) is 0 Å². The summed E-state index contributed by atoms with van der Waals surface area (Å²) < 4.78 is 24.2. The van der Waals surface area contributed by atoms with Gasteiger partial charge in [0.2, 0.25) is 0 Å². The van der Waals surface area contributed by atoms with Crippen LogP contribution in [-0.4, -0.2) is 31.2 Å². The second-order valence-corrected chi connectivity index (χ2v) is 8.45. The number of nitrogens with zero attached hydrogens (tertiary/aromatic N) is 2. The molecule has 1 heterocycles. The zero-order valence-corrected chi connectivity index (χ0v) is 15.0. The van der Waals surface area contributed by atoms with Crippen LogP contribution in [0, 0.1) is 5.92 Å². The fraction of sp³-hybridized carbons (Fsp3) is 0.692. The second kappa shape index (κ2) is 6.85. The first kappa shape index (κ1) is 17.4. The van der Waals surface area contributed by atoms with Gasteiger partial charge in [0.15, 0.2) is 9.84 Å². The van der Waals surface area contributed by atoms with Crippen LogP contribution in [-0.2, 0) is 16.3 Å². The lowest BCUT2D eigenvalue weighted by Gasteiger charge is -2.16. The van der Waals surface area contributed by atoms with E-state index in [0.717, 1.165) is 16.6 Å². The summed E-state index contributed by atoms with van der Waals surface area (Å²) in [5.74, 6) is 1.43. The minimum absolute atomic E-state index is 0.349. The maximum Gasteiger partial charge on any atom is 0.157 e. The number of hydrogen-bond acceptors (Lipinski definition) is 5. The molecule has 0 radical (unpaired) electrons. The fourth-order valence-corrected chi connectivity index (χ4v) is 2.66. The van der Waals surface area contributed by atoms with Crippen LogP contribution in [0.1, 0.15) is 44.5 Å². The molecule has 1 atom stereocenters. The Hall–Kier alpha value is -0.690. The van der Waals surface area contributed by atoms with Gasteiger partial charge in [-0.1, -0.05) is 13.8 Å². The van der Waals surface area contributed by atoms with E-state index in [1.54, 1.807) is 6.92 Å². The maximum absolute atomic E-state index is 11.7. The average molecular weight is 364 g/mol. The molecule has 0 spiro atoms. The van der Waals surface area contributed by atoms with Gasteiger partial charge >= 0.3 is 0 Å². The Morgan fingerprint density at radius 1 is 1.25 bits per heavy atom. The van der Waals surface area contributed by atoms with Crippen LogP contribution in [0.25, 0.3) is 0 Å². The van der Waals surface area contributed by atoms with Gasteiger partial charge in [-0.15, -0.1) is 0 Å². The van der Waals surface area contributed by atoms with Crippen molar-refractivity contribution in [3.05, 3.63) is 16.0 Å². The molecule has 0 amide bonds. The van der Waals surface area contributed by atoms with E-state index < -0.39 is 15.1 Å². The summed E-state index contributed by atoms with van der Waals surface area (Å²) in [5, 5.41) is 2.43. The Kier molecular flexibility index (Phi) is 5.94. The minimum atomic E-state index is -3.21. The number of rotatable bonds is 6. The summed E-state index contributed by atoms with van der Waals surface area (Å²) in [5.41, 5.74) is 0.844. The summed E-state index contributed by atoms with van der Waals surface area (Å²) >= 11 is 3.51. The zero-order chi connectivity index (χ0) is 15.5. The molecule has 1 aromatic heterocycles. The van der Waals surface area contributed by atoms with Crippen LogP contribution in [0.3, 0.4) is 0 Å². The predicted octanol–water partition coefficient (Wildman–Crippen LogP) is 2.98. The highest BCUT2D eigenvalue weighted by Gasteiger charge is 2.23. The van der Waals surface area contributed by atoms with E-state index in [1.807, 2.05) is 6.92 Å². The summed E-state index contributed by atoms with van der Waals surface area (Å²) in [6, 6.07) is 0. The second-order valence-electron chi connectivity index (χ2n) is 5.29. The molecule has 0 aliphatic heterocycles. The highest BCUT2D eigenvalue weighted by atomic mass is 79.9. The standard InChI is InChI=1S/C13H22BrN3O2S/c1-6-15-13-11(14)10(7-8(2)3)16-12(17-13)9(4)20(5,18)19/h8-9H,6-7H2,1-5H3,(H,15,16,17). The van der Waals surface area contributed by atoms with Crippen molar-refractivity contribution in [3.63, 3.8) is 0 Å². The van der Waals surface area contributed by atoms with E-state index in [1.165, 1.54) is 6.26 Å². The highest BCUT2D eigenvalue weighted by molar-refractivity contribution is 9.10. The van der Waals surface area contributed by atoms with Gasteiger partial charge in [-0.2, -0.15) is 0 Å². The first-order chi connectivity index (χ1) is 9.16. The van der Waals surface area contributed by atoms with Crippen molar-refractivity contribution in [3.8, 4) is 0 Å². The Bertz CT molecular complexity index is 573. The molecule has 0 saturated heterocycles. The summed E-state index contributed by atoms with van der Waals surface area (Å²) in [6.45, 7) is 8.50. The molecule has 1 rings (SSSR count). The summed E-state index contributed by atoms with van der Waals surface area (Å²) in [6.07, 6.45) is 1.98. The molecule has 0 aliphatic rings. The molecule has 1 N–H and O–H groups in total. The lowest BCUT2D eigenvalue weighted by atomic mass is 10.1. The number of anilines is 1. The summed E-state index contributed by atoms with van der Waals surface area (Å²) in [4.78, 5) is 8.79. The van der Waals surface area contributed by atoms with Gasteiger partial charge in [0.05, 0.1) is 10.2 Å². The largest absolute Gasteiger partial charge is 0.369 e. The Balaban J connectivity index is 3.35. The highest BCUT2D eigenvalue weighted by Crippen LogP contribution is 2.28. The van der Waals surface area contributed by atoms with Gasteiger partial charge in [0.1, 0.15) is 16.9 Å². The number of aromatic nitrogens is 2. The first-order valence-electron chi connectivity index (χ1n) is 6.65. The van der Waals surface area contributed by atoms with E-state index in [4.69, 9.17) is 0 Å². The molecule has 1 unspecified atom stereocenters. The molecule has 0 aromatic carbocycles. The van der Waals surface area contributed by atoms with Crippen molar-refractivity contribution >= 4 is 31.6 Å². The normalized spacial score (nSPS) is 13.6. The molecule has 0 saturated carbocycles. The van der Waals surface area contributed by atoms with Gasteiger partial charge in [-0.25, -0.2) is 18.4 Å². The third-order valence-electron chi connectivity index (χ3n) is 2.89. The van der Waals surface area contributed by atoms with Gasteiger partial charge < -0.3 is 5.32 Å². The number of nitrogens with one attached hydrogen (secondary N) is 1. The SMILES string of the molecule is CCNc1nc(C(C)S(C)(=O)=O)nc(CC(C)C)c1Br. The maximum atomic E-state index is 11.7. The third kappa shape index (κ3) is 4.41. The molecule has 20 heavy (non-hydrogen) atoms. The molecular formula is C13H22BrN3O2S. The van der Waals surface area contributed by atoms with E-state index in [9.17, 15) is 8.42 Å². The summed E-state index contributed by atoms with van der Waals surface area (Å²) in [7, 11) is -3.21. The number of hydrogen-bond donors (Lipinski definition) is 1. The Morgan fingerprint density at radius 2 is 1.85 bits per heavy atom.